The van der Waals surface area contributed by atoms with Gasteiger partial charge in [0.15, 0.2) is 8.32 Å². The molecule has 0 radical (unpaired) electrons. The highest BCUT2D eigenvalue weighted by Crippen LogP contribution is 2.57. The molecule has 0 amide bonds. The second kappa shape index (κ2) is 6.55. The largest absolute Gasteiger partial charge is 0.416 e. The number of fused-ring (bicyclic) bond motifs is 1. The molecule has 3 heteroatoms. The normalized spacial score (nSPS) is 38.3. The molecule has 140 valence electrons. The fourth-order valence-corrected chi connectivity index (χ4v) is 5.66. The topological polar surface area (TPSA) is 29.5 Å². The number of allylic oxidation sites excluding steroid dienone is 2. The van der Waals surface area contributed by atoms with Gasteiger partial charge < -0.3 is 9.53 Å². The van der Waals surface area contributed by atoms with Crippen molar-refractivity contribution in [2.75, 3.05) is 6.61 Å². The lowest BCUT2D eigenvalue weighted by molar-refractivity contribution is -0.126. The van der Waals surface area contributed by atoms with Crippen LogP contribution in [0.5, 0.6) is 0 Å². The summed E-state index contributed by atoms with van der Waals surface area (Å²) in [5, 5.41) is 11.2. The lowest BCUT2D eigenvalue weighted by Gasteiger charge is -2.55. The third-order valence-corrected chi connectivity index (χ3v) is 12.2. The van der Waals surface area contributed by atoms with Gasteiger partial charge in [0.25, 0.3) is 0 Å². The molecule has 0 bridgehead atoms. The molecule has 0 aliphatic heterocycles. The molecular weight excluding hydrogens is 312 g/mol. The first-order valence-corrected chi connectivity index (χ1v) is 12.7. The Morgan fingerprint density at radius 2 is 1.88 bits per heavy atom. The van der Waals surface area contributed by atoms with Gasteiger partial charge in [-0.25, -0.2) is 0 Å². The highest BCUT2D eigenvalue weighted by atomic mass is 28.4. The predicted octanol–water partition coefficient (Wildman–Crippen LogP) is 5.92. The molecule has 0 heterocycles. The Bertz CT molecular complexity index is 491. The van der Waals surface area contributed by atoms with E-state index in [9.17, 15) is 5.11 Å². The molecule has 24 heavy (non-hydrogen) atoms. The SMILES string of the molecule is CC1=CC[C@@]2(C)CC[C@H](O)[C@@](C)(CO[Si](C)(C)C(C)(C)C)[C@@H]2CC1. The molecule has 1 fully saturated rings. The number of hydrogen-bond donors (Lipinski definition) is 1. The molecule has 0 spiro atoms. The number of aliphatic hydroxyl groups excluding tert-OH is 1. The van der Waals surface area contributed by atoms with Gasteiger partial charge in [0, 0.05) is 12.0 Å². The van der Waals surface area contributed by atoms with Crippen LogP contribution in [0.25, 0.3) is 0 Å². The van der Waals surface area contributed by atoms with Gasteiger partial charge in [0.05, 0.1) is 6.10 Å². The summed E-state index contributed by atoms with van der Waals surface area (Å²) in [6, 6.07) is 0. The molecule has 2 aliphatic carbocycles. The highest BCUT2D eigenvalue weighted by molar-refractivity contribution is 6.74. The lowest BCUT2D eigenvalue weighted by Crippen LogP contribution is -2.55. The van der Waals surface area contributed by atoms with Crippen molar-refractivity contribution >= 4 is 8.32 Å². The van der Waals surface area contributed by atoms with Crippen LogP contribution in [0.2, 0.25) is 18.1 Å². The molecule has 2 rings (SSSR count). The van der Waals surface area contributed by atoms with Gasteiger partial charge in [0.1, 0.15) is 0 Å². The summed E-state index contributed by atoms with van der Waals surface area (Å²) in [6.07, 6.45) is 7.78. The standard InChI is InChI=1S/C21H40O2Si/c1-16-9-10-17-20(5,13-11-16)14-12-18(22)21(17,6)15-23-24(7,8)19(2,3)4/h11,17-18,22H,9-10,12-15H2,1-8H3/t17-,18+,20+,21+/m1/s1. The van der Waals surface area contributed by atoms with Crippen molar-refractivity contribution in [1.82, 2.24) is 0 Å². The summed E-state index contributed by atoms with van der Waals surface area (Å²) in [5.41, 5.74) is 1.71. The molecule has 0 aromatic carbocycles. The minimum absolute atomic E-state index is 0.124. The van der Waals surface area contributed by atoms with Crippen LogP contribution < -0.4 is 0 Å². The van der Waals surface area contributed by atoms with E-state index in [4.69, 9.17) is 4.43 Å². The van der Waals surface area contributed by atoms with Crippen molar-refractivity contribution in [1.29, 1.82) is 0 Å². The molecule has 4 atom stereocenters. The van der Waals surface area contributed by atoms with Crippen LogP contribution in [0.1, 0.15) is 73.6 Å². The Labute approximate surface area is 151 Å². The molecule has 1 saturated carbocycles. The van der Waals surface area contributed by atoms with Crippen molar-refractivity contribution in [2.24, 2.45) is 16.7 Å². The lowest BCUT2D eigenvalue weighted by atomic mass is 9.53. The van der Waals surface area contributed by atoms with Gasteiger partial charge in [-0.3, -0.25) is 0 Å². The van der Waals surface area contributed by atoms with Crippen molar-refractivity contribution in [3.63, 3.8) is 0 Å². The first kappa shape index (κ1) is 20.2. The van der Waals surface area contributed by atoms with Crippen LogP contribution in [-0.2, 0) is 4.43 Å². The monoisotopic (exact) mass is 352 g/mol. The Morgan fingerprint density at radius 1 is 1.25 bits per heavy atom. The average Bonchev–Trinajstić information content (AvgIpc) is 2.61. The van der Waals surface area contributed by atoms with Crippen LogP contribution in [0.4, 0.5) is 0 Å². The number of aliphatic hydroxyl groups is 1. The maximum Gasteiger partial charge on any atom is 0.192 e. The maximum atomic E-state index is 11.0. The molecule has 0 saturated heterocycles. The van der Waals surface area contributed by atoms with Gasteiger partial charge in [-0.2, -0.15) is 0 Å². The van der Waals surface area contributed by atoms with Crippen LogP contribution in [-0.4, -0.2) is 26.1 Å². The van der Waals surface area contributed by atoms with E-state index >= 15 is 0 Å². The smallest absolute Gasteiger partial charge is 0.192 e. The fraction of sp³-hybridized carbons (Fsp3) is 0.905. The van der Waals surface area contributed by atoms with E-state index in [1.165, 1.54) is 18.4 Å². The van der Waals surface area contributed by atoms with Crippen LogP contribution in [0, 0.1) is 16.7 Å². The maximum absolute atomic E-state index is 11.0. The van der Waals surface area contributed by atoms with E-state index in [2.05, 4.69) is 60.7 Å². The van der Waals surface area contributed by atoms with Gasteiger partial charge in [-0.05, 0) is 68.5 Å². The minimum atomic E-state index is -1.80. The molecule has 0 aromatic rings. The predicted molar refractivity (Wildman–Crippen MR) is 106 cm³/mol. The number of rotatable bonds is 3. The Morgan fingerprint density at radius 3 is 2.46 bits per heavy atom. The zero-order valence-electron chi connectivity index (χ0n) is 17.3. The van der Waals surface area contributed by atoms with Gasteiger partial charge in [-0.15, -0.1) is 0 Å². The summed E-state index contributed by atoms with van der Waals surface area (Å²) in [6.45, 7) is 19.3. The van der Waals surface area contributed by atoms with Crippen LogP contribution >= 0.6 is 0 Å². The quantitative estimate of drug-likeness (QED) is 0.504. The minimum Gasteiger partial charge on any atom is -0.416 e. The van der Waals surface area contributed by atoms with Crippen molar-refractivity contribution < 1.29 is 9.53 Å². The number of hydrogen-bond acceptors (Lipinski definition) is 2. The second-order valence-corrected chi connectivity index (χ2v) is 15.4. The third kappa shape index (κ3) is 3.68. The van der Waals surface area contributed by atoms with E-state index in [1.54, 1.807) is 0 Å². The van der Waals surface area contributed by atoms with E-state index in [-0.39, 0.29) is 16.6 Å². The van der Waals surface area contributed by atoms with Crippen molar-refractivity contribution in [3.05, 3.63) is 11.6 Å². The zero-order valence-corrected chi connectivity index (χ0v) is 18.3. The first-order chi connectivity index (χ1) is 10.8. The van der Waals surface area contributed by atoms with Gasteiger partial charge in [-0.1, -0.05) is 46.3 Å². The molecule has 2 aliphatic rings. The molecule has 1 N–H and O–H groups in total. The third-order valence-electron chi connectivity index (χ3n) is 7.68. The van der Waals surface area contributed by atoms with Crippen molar-refractivity contribution in [3.8, 4) is 0 Å². The average molecular weight is 353 g/mol. The summed E-state index contributed by atoms with van der Waals surface area (Å²) < 4.78 is 6.63. The summed E-state index contributed by atoms with van der Waals surface area (Å²) in [4.78, 5) is 0. The highest BCUT2D eigenvalue weighted by Gasteiger charge is 2.54. The Hall–Kier alpha value is -0.123. The summed E-state index contributed by atoms with van der Waals surface area (Å²) in [5.74, 6) is 0.534. The fourth-order valence-electron chi connectivity index (χ4n) is 4.55. The van der Waals surface area contributed by atoms with Gasteiger partial charge in [0.2, 0.25) is 0 Å². The van der Waals surface area contributed by atoms with Crippen LogP contribution in [0.15, 0.2) is 11.6 Å². The zero-order chi connectivity index (χ0) is 18.4. The Kier molecular flexibility index (Phi) is 5.51. The Balaban J connectivity index is 2.25. The summed E-state index contributed by atoms with van der Waals surface area (Å²) >= 11 is 0. The van der Waals surface area contributed by atoms with E-state index < -0.39 is 8.32 Å². The van der Waals surface area contributed by atoms with Crippen LogP contribution in [0.3, 0.4) is 0 Å². The van der Waals surface area contributed by atoms with Gasteiger partial charge >= 0.3 is 0 Å². The molecular formula is C21H40O2Si. The van der Waals surface area contributed by atoms with Crippen molar-refractivity contribution in [2.45, 2.75) is 97.9 Å². The molecule has 0 unspecified atom stereocenters. The van der Waals surface area contributed by atoms with E-state index in [0.717, 1.165) is 19.3 Å². The van der Waals surface area contributed by atoms with E-state index in [1.807, 2.05) is 0 Å². The molecule has 0 aromatic heterocycles. The summed E-state index contributed by atoms with van der Waals surface area (Å²) in [7, 11) is -1.80. The van der Waals surface area contributed by atoms with E-state index in [0.29, 0.717) is 17.9 Å². The molecule has 2 nitrogen and oxygen atoms in total. The second-order valence-electron chi connectivity index (χ2n) is 10.6. The first-order valence-electron chi connectivity index (χ1n) is 9.79.